The Morgan fingerprint density at radius 2 is 0.742 bits per heavy atom. The lowest BCUT2D eigenvalue weighted by molar-refractivity contribution is -0.130. The zero-order valence-corrected chi connectivity index (χ0v) is 21.5. The number of carbonyl (C=O) groups is 2. The summed E-state index contributed by atoms with van der Waals surface area (Å²) in [5.41, 5.74) is 5.03. The van der Waals surface area contributed by atoms with E-state index >= 15 is 0 Å². The van der Waals surface area contributed by atoms with Gasteiger partial charge in [0, 0.05) is 12.8 Å². The molecule has 3 N–H and O–H groups in total. The average molecular weight is 441 g/mol. The third kappa shape index (κ3) is 31.4. The molecule has 0 saturated heterocycles. The van der Waals surface area contributed by atoms with Gasteiger partial charge in [-0.25, -0.2) is 0 Å². The summed E-state index contributed by atoms with van der Waals surface area (Å²) in [7, 11) is 0. The van der Waals surface area contributed by atoms with E-state index in [0.717, 1.165) is 38.6 Å². The largest absolute Gasteiger partial charge is 0.330 e. The molecule has 0 unspecified atom stereocenters. The van der Waals surface area contributed by atoms with Crippen molar-refractivity contribution in [2.75, 3.05) is 6.54 Å². The lowest BCUT2D eigenvalue weighted by Crippen LogP contribution is -2.29. The van der Waals surface area contributed by atoms with Crippen LogP contribution in [-0.4, -0.2) is 18.4 Å². The van der Waals surface area contributed by atoms with Crippen LogP contribution in [0.5, 0.6) is 0 Å². The Kier molecular flexibility index (Phi) is 30.3. The molecule has 0 aromatic heterocycles. The number of hydrogen-bond donors (Lipinski definition) is 2. The Labute approximate surface area is 194 Å². The van der Waals surface area contributed by atoms with Crippen molar-refractivity contribution in [2.45, 2.75) is 156 Å². The van der Waals surface area contributed by atoms with Gasteiger partial charge in [-0.3, -0.25) is 14.9 Å². The lowest BCUT2D eigenvalue weighted by Gasteiger charge is -2.05. The highest BCUT2D eigenvalue weighted by atomic mass is 16.2. The summed E-state index contributed by atoms with van der Waals surface area (Å²) in [5.74, 6) is -0.169. The van der Waals surface area contributed by atoms with Crippen molar-refractivity contribution in [1.82, 2.24) is 5.32 Å². The molecule has 0 fully saturated rings. The summed E-state index contributed by atoms with van der Waals surface area (Å²) < 4.78 is 0. The van der Waals surface area contributed by atoms with E-state index in [1.807, 2.05) is 0 Å². The van der Waals surface area contributed by atoms with Crippen LogP contribution < -0.4 is 11.1 Å². The van der Waals surface area contributed by atoms with Gasteiger partial charge in [-0.2, -0.15) is 0 Å². The Balaban J connectivity index is 0. The Morgan fingerprint density at radius 1 is 0.484 bits per heavy atom. The highest BCUT2D eigenvalue weighted by Gasteiger charge is 2.07. The minimum atomic E-state index is -0.0844. The molecule has 0 heterocycles. The van der Waals surface area contributed by atoms with Crippen LogP contribution in [0.15, 0.2) is 0 Å². The third-order valence-corrected chi connectivity index (χ3v) is 5.58. The molecule has 4 heteroatoms. The number of nitrogens with one attached hydrogen (secondary N) is 1. The standard InChI is InChI=1S/C24H47NO2.C3H9N/c1-3-5-7-9-11-13-15-17-19-21-23(26)25-24(27)22-20-18-16-14-12-10-8-6-4-2;1-2-3-4/h3-22H2,1-2H3,(H,25,26,27);2-4H2,1H3. The molecule has 2 amide bonds. The Hall–Kier alpha value is -0.900. The van der Waals surface area contributed by atoms with Gasteiger partial charge < -0.3 is 5.73 Å². The van der Waals surface area contributed by atoms with E-state index in [4.69, 9.17) is 5.73 Å². The van der Waals surface area contributed by atoms with Crippen molar-refractivity contribution in [3.05, 3.63) is 0 Å². The van der Waals surface area contributed by atoms with Gasteiger partial charge >= 0.3 is 0 Å². The fraction of sp³-hybridized carbons (Fsp3) is 0.926. The first-order chi connectivity index (χ1) is 15.1. The van der Waals surface area contributed by atoms with Crippen molar-refractivity contribution in [1.29, 1.82) is 0 Å². The molecule has 0 aliphatic carbocycles. The third-order valence-electron chi connectivity index (χ3n) is 5.58. The number of carbonyl (C=O) groups excluding carboxylic acids is 2. The summed E-state index contributed by atoms with van der Waals surface area (Å²) in [6.45, 7) is 7.36. The van der Waals surface area contributed by atoms with Crippen LogP contribution in [0.4, 0.5) is 0 Å². The van der Waals surface area contributed by atoms with E-state index in [1.165, 1.54) is 89.9 Å². The van der Waals surface area contributed by atoms with Crippen LogP contribution in [-0.2, 0) is 9.59 Å². The summed E-state index contributed by atoms with van der Waals surface area (Å²) in [4.78, 5) is 23.6. The van der Waals surface area contributed by atoms with Crippen molar-refractivity contribution >= 4 is 11.8 Å². The van der Waals surface area contributed by atoms with Crippen LogP contribution >= 0.6 is 0 Å². The van der Waals surface area contributed by atoms with Crippen molar-refractivity contribution < 1.29 is 9.59 Å². The second-order valence-electron chi connectivity index (χ2n) is 8.92. The molecule has 0 saturated carbocycles. The van der Waals surface area contributed by atoms with Gasteiger partial charge in [0.25, 0.3) is 0 Å². The Morgan fingerprint density at radius 3 is 1.00 bits per heavy atom. The molecular weight excluding hydrogens is 384 g/mol. The van der Waals surface area contributed by atoms with E-state index in [0.29, 0.717) is 12.8 Å². The molecule has 0 rings (SSSR count). The second kappa shape index (κ2) is 29.1. The average Bonchev–Trinajstić information content (AvgIpc) is 2.77. The van der Waals surface area contributed by atoms with E-state index < -0.39 is 0 Å². The first-order valence-corrected chi connectivity index (χ1v) is 13.6. The molecule has 186 valence electrons. The van der Waals surface area contributed by atoms with Crippen LogP contribution in [0.25, 0.3) is 0 Å². The molecular formula is C27H56N2O2. The summed E-state index contributed by atoms with van der Waals surface area (Å²) >= 11 is 0. The van der Waals surface area contributed by atoms with Gasteiger partial charge in [0.1, 0.15) is 0 Å². The van der Waals surface area contributed by atoms with Crippen molar-refractivity contribution in [2.24, 2.45) is 5.73 Å². The maximum absolute atomic E-state index is 11.8. The van der Waals surface area contributed by atoms with Crippen LogP contribution in [0.3, 0.4) is 0 Å². The smallest absolute Gasteiger partial charge is 0.226 e. The fourth-order valence-electron chi connectivity index (χ4n) is 3.47. The number of unbranched alkanes of at least 4 members (excludes halogenated alkanes) is 16. The van der Waals surface area contributed by atoms with E-state index in [9.17, 15) is 9.59 Å². The maximum atomic E-state index is 11.8. The van der Waals surface area contributed by atoms with E-state index in [1.54, 1.807) is 0 Å². The van der Waals surface area contributed by atoms with Crippen molar-refractivity contribution in [3.63, 3.8) is 0 Å². The topological polar surface area (TPSA) is 72.2 Å². The minimum absolute atomic E-state index is 0.0844. The molecule has 0 bridgehead atoms. The minimum Gasteiger partial charge on any atom is -0.330 e. The zero-order chi connectivity index (χ0) is 23.4. The van der Waals surface area contributed by atoms with Crippen LogP contribution in [0.1, 0.15) is 156 Å². The molecule has 0 aromatic carbocycles. The van der Waals surface area contributed by atoms with Crippen LogP contribution in [0, 0.1) is 0 Å². The number of rotatable bonds is 21. The lowest BCUT2D eigenvalue weighted by atomic mass is 10.1. The highest BCUT2D eigenvalue weighted by molar-refractivity contribution is 5.95. The molecule has 31 heavy (non-hydrogen) atoms. The summed E-state index contributed by atoms with van der Waals surface area (Å²) in [6.07, 6.45) is 24.5. The highest BCUT2D eigenvalue weighted by Crippen LogP contribution is 2.11. The molecule has 0 aliphatic rings. The molecule has 0 aromatic rings. The predicted molar refractivity (Wildman–Crippen MR) is 136 cm³/mol. The van der Waals surface area contributed by atoms with Crippen LogP contribution in [0.2, 0.25) is 0 Å². The summed E-state index contributed by atoms with van der Waals surface area (Å²) in [5, 5.41) is 2.55. The maximum Gasteiger partial charge on any atom is 0.226 e. The van der Waals surface area contributed by atoms with Gasteiger partial charge in [-0.1, -0.05) is 124 Å². The van der Waals surface area contributed by atoms with Gasteiger partial charge in [0.05, 0.1) is 0 Å². The molecule has 0 spiro atoms. The number of nitrogens with two attached hydrogens (primary N) is 1. The van der Waals surface area contributed by atoms with Gasteiger partial charge in [-0.05, 0) is 25.8 Å². The molecule has 4 nitrogen and oxygen atoms in total. The summed E-state index contributed by atoms with van der Waals surface area (Å²) in [6, 6.07) is 0. The van der Waals surface area contributed by atoms with E-state index in [2.05, 4.69) is 26.1 Å². The van der Waals surface area contributed by atoms with Crippen molar-refractivity contribution in [3.8, 4) is 0 Å². The normalized spacial score (nSPS) is 10.5. The zero-order valence-electron chi connectivity index (χ0n) is 21.5. The van der Waals surface area contributed by atoms with Gasteiger partial charge in [-0.15, -0.1) is 0 Å². The Bertz CT molecular complexity index is 338. The predicted octanol–water partition coefficient (Wildman–Crippen LogP) is 7.83. The number of hydrogen-bond acceptors (Lipinski definition) is 3. The monoisotopic (exact) mass is 440 g/mol. The van der Waals surface area contributed by atoms with Gasteiger partial charge in [0.2, 0.25) is 11.8 Å². The van der Waals surface area contributed by atoms with E-state index in [-0.39, 0.29) is 11.8 Å². The molecule has 0 atom stereocenters. The quantitative estimate of drug-likeness (QED) is 0.179. The first-order valence-electron chi connectivity index (χ1n) is 13.6. The van der Waals surface area contributed by atoms with Gasteiger partial charge in [0.15, 0.2) is 0 Å². The first kappa shape index (κ1) is 32.3. The fourth-order valence-corrected chi connectivity index (χ4v) is 3.47. The molecule has 0 aliphatic heterocycles. The molecule has 0 radical (unpaired) electrons. The number of amides is 2. The SMILES string of the molecule is CCCCCCCCCCCC(=O)NC(=O)CCCCCCCCCCC.CCCN. The number of imide groups is 1. The second-order valence-corrected chi connectivity index (χ2v) is 8.92.